The Labute approximate surface area is 107 Å². The zero-order chi connectivity index (χ0) is 13.9. The van der Waals surface area contributed by atoms with Gasteiger partial charge in [-0.2, -0.15) is 0 Å². The van der Waals surface area contributed by atoms with Crippen molar-refractivity contribution in [2.24, 2.45) is 0 Å². The summed E-state index contributed by atoms with van der Waals surface area (Å²) in [6.07, 6.45) is 0.00728. The average Bonchev–Trinajstić information content (AvgIpc) is 2.50. The molecule has 0 saturated carbocycles. The van der Waals surface area contributed by atoms with Gasteiger partial charge in [0, 0.05) is 12.9 Å². The van der Waals surface area contributed by atoms with Crippen LogP contribution >= 0.6 is 7.60 Å². The number of rotatable bonds is 5. The van der Waals surface area contributed by atoms with Crippen LogP contribution in [0.3, 0.4) is 0 Å². The molecule has 0 aromatic carbocycles. The first-order valence-electron chi connectivity index (χ1n) is 5.83. The molecule has 0 aromatic rings. The van der Waals surface area contributed by atoms with Crippen LogP contribution in [0.2, 0.25) is 0 Å². The Morgan fingerprint density at radius 1 is 1.33 bits per heavy atom. The minimum absolute atomic E-state index is 0.0208. The van der Waals surface area contributed by atoms with Gasteiger partial charge in [-0.1, -0.05) is 0 Å². The lowest BCUT2D eigenvalue weighted by molar-refractivity contribution is -0.0684. The first-order chi connectivity index (χ1) is 8.24. The predicted molar refractivity (Wildman–Crippen MR) is 66.3 cm³/mol. The molecular formula is C11H21O6P. The van der Waals surface area contributed by atoms with Crippen LogP contribution in [0.25, 0.3) is 0 Å². The maximum Gasteiger partial charge on any atom is 0.348 e. The first kappa shape index (κ1) is 15.8. The van der Waals surface area contributed by atoms with Gasteiger partial charge in [0.05, 0.1) is 12.2 Å². The summed E-state index contributed by atoms with van der Waals surface area (Å²) in [7, 11) is -2.62. The highest BCUT2D eigenvalue weighted by Gasteiger charge is 2.43. The van der Waals surface area contributed by atoms with Crippen LogP contribution in [-0.4, -0.2) is 47.4 Å². The zero-order valence-electron chi connectivity index (χ0n) is 11.0. The van der Waals surface area contributed by atoms with Gasteiger partial charge in [-0.3, -0.25) is 4.57 Å². The van der Waals surface area contributed by atoms with E-state index >= 15 is 0 Å². The molecule has 0 bridgehead atoms. The van der Waals surface area contributed by atoms with Crippen molar-refractivity contribution in [1.29, 1.82) is 0 Å². The van der Waals surface area contributed by atoms with Crippen LogP contribution in [0.15, 0.2) is 11.9 Å². The van der Waals surface area contributed by atoms with Gasteiger partial charge in [0.1, 0.15) is 18.3 Å². The summed E-state index contributed by atoms with van der Waals surface area (Å²) in [5, 5.41) is 0. The van der Waals surface area contributed by atoms with Gasteiger partial charge >= 0.3 is 7.60 Å². The normalized spacial score (nSPS) is 33.7. The van der Waals surface area contributed by atoms with Crippen molar-refractivity contribution in [1.82, 2.24) is 0 Å². The molecule has 7 heteroatoms. The molecule has 1 fully saturated rings. The van der Waals surface area contributed by atoms with Crippen molar-refractivity contribution in [2.75, 3.05) is 7.11 Å². The molecule has 1 rings (SSSR count). The van der Waals surface area contributed by atoms with Crippen molar-refractivity contribution in [3.8, 4) is 0 Å². The van der Waals surface area contributed by atoms with E-state index in [1.54, 1.807) is 7.11 Å². The molecule has 1 aliphatic rings. The highest BCUT2D eigenvalue weighted by atomic mass is 31.2. The molecule has 18 heavy (non-hydrogen) atoms. The summed E-state index contributed by atoms with van der Waals surface area (Å²) in [5.41, 5.74) is 0. The minimum atomic E-state index is -4.18. The Kier molecular flexibility index (Phi) is 5.52. The molecule has 1 heterocycles. The smallest absolute Gasteiger partial charge is 0.348 e. The standard InChI is InChI=1S/C11H21O6P/c1-7(2)16-11-9(5-6-18(12,13)14)17-8(3)10(11)15-4/h5-11H,1-4H3,(H2,12,13,14)/b6-5+/t8-,9+,10-,11+/m0/s1. The highest BCUT2D eigenvalue weighted by molar-refractivity contribution is 7.55. The summed E-state index contributed by atoms with van der Waals surface area (Å²) >= 11 is 0. The van der Waals surface area contributed by atoms with Crippen LogP contribution in [-0.2, 0) is 18.8 Å². The van der Waals surface area contributed by atoms with Gasteiger partial charge in [0.2, 0.25) is 0 Å². The monoisotopic (exact) mass is 280 g/mol. The molecule has 1 aliphatic heterocycles. The Bertz CT molecular complexity index is 336. The number of hydrogen-bond donors (Lipinski definition) is 2. The Morgan fingerprint density at radius 2 is 1.94 bits per heavy atom. The summed E-state index contributed by atoms with van der Waals surface area (Å²) in [5.74, 6) is 0.846. The average molecular weight is 280 g/mol. The SMILES string of the molecule is CO[C@@H]1[C@H](OC(C)C)[C@@H](/C=C/P(=O)(O)O)O[C@H]1C. The van der Waals surface area contributed by atoms with E-state index in [9.17, 15) is 4.57 Å². The van der Waals surface area contributed by atoms with E-state index in [-0.39, 0.29) is 24.4 Å². The first-order valence-corrected chi connectivity index (χ1v) is 7.51. The summed E-state index contributed by atoms with van der Waals surface area (Å²) < 4.78 is 27.5. The van der Waals surface area contributed by atoms with E-state index in [1.807, 2.05) is 20.8 Å². The van der Waals surface area contributed by atoms with Crippen LogP contribution in [0, 0.1) is 0 Å². The molecule has 4 atom stereocenters. The van der Waals surface area contributed by atoms with Gasteiger partial charge in [0.25, 0.3) is 0 Å². The van der Waals surface area contributed by atoms with E-state index in [4.69, 9.17) is 24.0 Å². The third-order valence-corrected chi connectivity index (χ3v) is 3.21. The van der Waals surface area contributed by atoms with Crippen LogP contribution in [0.5, 0.6) is 0 Å². The van der Waals surface area contributed by atoms with Crippen molar-refractivity contribution in [2.45, 2.75) is 51.3 Å². The fourth-order valence-electron chi connectivity index (χ4n) is 2.00. The van der Waals surface area contributed by atoms with E-state index in [2.05, 4.69) is 0 Å². The third-order valence-electron chi connectivity index (χ3n) is 2.65. The summed E-state index contributed by atoms with van der Waals surface area (Å²) in [6.45, 7) is 5.62. The number of ether oxygens (including phenoxy) is 3. The van der Waals surface area contributed by atoms with Gasteiger partial charge in [-0.15, -0.1) is 0 Å². The van der Waals surface area contributed by atoms with Crippen LogP contribution in [0.1, 0.15) is 20.8 Å². The topological polar surface area (TPSA) is 85.2 Å². The fraction of sp³-hybridized carbons (Fsp3) is 0.818. The molecule has 6 nitrogen and oxygen atoms in total. The van der Waals surface area contributed by atoms with E-state index in [0.29, 0.717) is 0 Å². The highest BCUT2D eigenvalue weighted by Crippen LogP contribution is 2.37. The lowest BCUT2D eigenvalue weighted by Gasteiger charge is -2.23. The number of hydrogen-bond acceptors (Lipinski definition) is 4. The fourth-order valence-corrected chi connectivity index (χ4v) is 2.40. The summed E-state index contributed by atoms with van der Waals surface area (Å²) in [4.78, 5) is 17.7. The molecule has 0 radical (unpaired) electrons. The van der Waals surface area contributed by atoms with Crippen molar-refractivity contribution >= 4 is 7.60 Å². The lowest BCUT2D eigenvalue weighted by Crippen LogP contribution is -2.37. The lowest BCUT2D eigenvalue weighted by atomic mass is 10.1. The zero-order valence-corrected chi connectivity index (χ0v) is 11.9. The molecule has 106 valence electrons. The van der Waals surface area contributed by atoms with E-state index in [0.717, 1.165) is 5.82 Å². The van der Waals surface area contributed by atoms with Crippen LogP contribution in [0.4, 0.5) is 0 Å². The quantitative estimate of drug-likeness (QED) is 0.738. The molecular weight excluding hydrogens is 259 g/mol. The minimum Gasteiger partial charge on any atom is -0.376 e. The molecule has 0 unspecified atom stereocenters. The summed E-state index contributed by atoms with van der Waals surface area (Å²) in [6, 6.07) is 0. The second-order valence-corrected chi connectivity index (χ2v) is 6.06. The Hall–Kier alpha value is -0.230. The van der Waals surface area contributed by atoms with E-state index < -0.39 is 13.7 Å². The molecule has 0 aliphatic carbocycles. The molecule has 0 aromatic heterocycles. The van der Waals surface area contributed by atoms with Gasteiger partial charge in [-0.05, 0) is 26.8 Å². The van der Waals surface area contributed by atoms with Crippen molar-refractivity contribution in [3.63, 3.8) is 0 Å². The largest absolute Gasteiger partial charge is 0.376 e. The van der Waals surface area contributed by atoms with E-state index in [1.165, 1.54) is 6.08 Å². The predicted octanol–water partition coefficient (Wildman–Crippen LogP) is 1.27. The van der Waals surface area contributed by atoms with Crippen LogP contribution < -0.4 is 0 Å². The van der Waals surface area contributed by atoms with Gasteiger partial charge in [-0.25, -0.2) is 0 Å². The second-order valence-electron chi connectivity index (χ2n) is 4.59. The molecule has 0 spiro atoms. The van der Waals surface area contributed by atoms with Gasteiger partial charge < -0.3 is 24.0 Å². The van der Waals surface area contributed by atoms with Gasteiger partial charge in [0.15, 0.2) is 0 Å². The number of methoxy groups -OCH3 is 1. The third kappa shape index (κ3) is 4.46. The van der Waals surface area contributed by atoms with Crippen molar-refractivity contribution < 1.29 is 28.6 Å². The maximum atomic E-state index is 10.8. The molecule has 1 saturated heterocycles. The second kappa shape index (κ2) is 6.28. The molecule has 2 N–H and O–H groups in total. The molecule has 0 amide bonds. The maximum absolute atomic E-state index is 10.8. The Morgan fingerprint density at radius 3 is 2.39 bits per heavy atom. The Balaban J connectivity index is 2.82. The van der Waals surface area contributed by atoms with Crippen molar-refractivity contribution in [3.05, 3.63) is 11.9 Å².